The number of para-hydroxylation sites is 1. The maximum absolute atomic E-state index is 6.20. The zero-order chi connectivity index (χ0) is 20.8. The van der Waals surface area contributed by atoms with Crippen LogP contribution in [0.2, 0.25) is 0 Å². The van der Waals surface area contributed by atoms with Crippen LogP contribution in [0.1, 0.15) is 23.1 Å². The van der Waals surface area contributed by atoms with Crippen molar-refractivity contribution in [2.45, 2.75) is 32.5 Å². The number of benzene rings is 2. The normalized spacial score (nSPS) is 16.1. The SMILES string of the molecule is CN=C(NCc1ccc(C)cc1OC1CCOC1)NCc1cccc2cccnc12.I. The van der Waals surface area contributed by atoms with Crippen molar-refractivity contribution < 1.29 is 9.47 Å². The highest BCUT2D eigenvalue weighted by Crippen LogP contribution is 2.24. The molecule has 1 atom stereocenters. The van der Waals surface area contributed by atoms with Crippen LogP contribution >= 0.6 is 24.0 Å². The van der Waals surface area contributed by atoms with Crippen LogP contribution in [0.5, 0.6) is 5.75 Å². The van der Waals surface area contributed by atoms with Gasteiger partial charge in [-0.05, 0) is 30.2 Å². The number of aryl methyl sites for hydroxylation is 1. The number of aromatic nitrogens is 1. The number of fused-ring (bicyclic) bond motifs is 1. The Morgan fingerprint density at radius 2 is 1.94 bits per heavy atom. The summed E-state index contributed by atoms with van der Waals surface area (Å²) in [5.41, 5.74) is 4.42. The van der Waals surface area contributed by atoms with Gasteiger partial charge in [0.15, 0.2) is 5.96 Å². The molecule has 1 aliphatic heterocycles. The number of nitrogens with one attached hydrogen (secondary N) is 2. The van der Waals surface area contributed by atoms with E-state index in [1.54, 1.807) is 7.05 Å². The summed E-state index contributed by atoms with van der Waals surface area (Å²) in [4.78, 5) is 8.88. The molecule has 0 bridgehead atoms. The molecule has 2 heterocycles. The Labute approximate surface area is 200 Å². The number of hydrogen-bond acceptors (Lipinski definition) is 4. The van der Waals surface area contributed by atoms with E-state index in [0.29, 0.717) is 19.7 Å². The molecular weight excluding hydrogens is 503 g/mol. The number of aliphatic imine (C=N–C) groups is 1. The van der Waals surface area contributed by atoms with Gasteiger partial charge in [0.2, 0.25) is 0 Å². The Morgan fingerprint density at radius 3 is 2.71 bits per heavy atom. The zero-order valence-corrected chi connectivity index (χ0v) is 20.3. The van der Waals surface area contributed by atoms with E-state index < -0.39 is 0 Å². The van der Waals surface area contributed by atoms with Gasteiger partial charge in [-0.1, -0.05) is 36.4 Å². The first-order valence-corrected chi connectivity index (χ1v) is 10.3. The monoisotopic (exact) mass is 532 g/mol. The molecule has 0 saturated carbocycles. The number of guanidine groups is 1. The first-order chi connectivity index (χ1) is 14.7. The summed E-state index contributed by atoms with van der Waals surface area (Å²) in [6.07, 6.45) is 2.89. The summed E-state index contributed by atoms with van der Waals surface area (Å²) >= 11 is 0. The van der Waals surface area contributed by atoms with Crippen LogP contribution in [0.25, 0.3) is 10.9 Å². The summed E-state index contributed by atoms with van der Waals surface area (Å²) in [7, 11) is 1.78. The Kier molecular flexibility index (Phi) is 8.48. The number of ether oxygens (including phenoxy) is 2. The quantitative estimate of drug-likeness (QED) is 0.283. The smallest absolute Gasteiger partial charge is 0.191 e. The van der Waals surface area contributed by atoms with Crippen LogP contribution in [-0.4, -0.2) is 37.3 Å². The molecule has 164 valence electrons. The molecule has 1 fully saturated rings. The lowest BCUT2D eigenvalue weighted by molar-refractivity contribution is 0.140. The Morgan fingerprint density at radius 1 is 1.13 bits per heavy atom. The summed E-state index contributed by atoms with van der Waals surface area (Å²) in [6.45, 7) is 4.77. The number of pyridine rings is 1. The van der Waals surface area contributed by atoms with E-state index in [2.05, 4.69) is 70.0 Å². The molecule has 31 heavy (non-hydrogen) atoms. The predicted octanol–water partition coefficient (Wildman–Crippen LogP) is 4.19. The third-order valence-electron chi connectivity index (χ3n) is 5.24. The van der Waals surface area contributed by atoms with Gasteiger partial charge >= 0.3 is 0 Å². The zero-order valence-electron chi connectivity index (χ0n) is 17.9. The fraction of sp³-hybridized carbons (Fsp3) is 0.333. The van der Waals surface area contributed by atoms with Crippen LogP contribution in [-0.2, 0) is 17.8 Å². The second-order valence-corrected chi connectivity index (χ2v) is 7.49. The predicted molar refractivity (Wildman–Crippen MR) is 135 cm³/mol. The molecule has 2 N–H and O–H groups in total. The maximum Gasteiger partial charge on any atom is 0.191 e. The van der Waals surface area contributed by atoms with E-state index in [-0.39, 0.29) is 30.1 Å². The second kappa shape index (κ2) is 11.3. The van der Waals surface area contributed by atoms with Gasteiger partial charge < -0.3 is 20.1 Å². The van der Waals surface area contributed by atoms with Crippen molar-refractivity contribution in [3.8, 4) is 5.75 Å². The standard InChI is InChI=1S/C24H28N4O2.HI/c1-17-8-9-19(22(13-17)30-21-10-12-29-16-21)14-27-24(25-2)28-15-20-6-3-5-18-7-4-11-26-23(18)20;/h3-9,11,13,21H,10,12,14-16H2,1-2H3,(H2,25,27,28);1H. The lowest BCUT2D eigenvalue weighted by Crippen LogP contribution is -2.36. The Hall–Kier alpha value is -2.39. The van der Waals surface area contributed by atoms with E-state index >= 15 is 0 Å². The topological polar surface area (TPSA) is 67.8 Å². The largest absolute Gasteiger partial charge is 0.488 e. The number of nitrogens with zero attached hydrogens (tertiary/aromatic N) is 2. The van der Waals surface area contributed by atoms with E-state index in [1.165, 1.54) is 5.56 Å². The van der Waals surface area contributed by atoms with Crippen molar-refractivity contribution in [2.24, 2.45) is 4.99 Å². The highest BCUT2D eigenvalue weighted by molar-refractivity contribution is 14.0. The average molecular weight is 532 g/mol. The minimum atomic E-state index is 0. The fourth-order valence-electron chi connectivity index (χ4n) is 3.59. The molecule has 0 spiro atoms. The minimum Gasteiger partial charge on any atom is -0.488 e. The summed E-state index contributed by atoms with van der Waals surface area (Å²) in [6, 6.07) is 16.6. The van der Waals surface area contributed by atoms with E-state index in [9.17, 15) is 0 Å². The maximum atomic E-state index is 6.20. The molecule has 1 aliphatic rings. The molecule has 1 saturated heterocycles. The summed E-state index contributed by atoms with van der Waals surface area (Å²) in [5.74, 6) is 1.64. The van der Waals surface area contributed by atoms with Crippen LogP contribution in [0.4, 0.5) is 0 Å². The molecule has 0 radical (unpaired) electrons. The molecule has 1 unspecified atom stereocenters. The van der Waals surface area contributed by atoms with Gasteiger partial charge in [-0.15, -0.1) is 24.0 Å². The van der Waals surface area contributed by atoms with Gasteiger partial charge in [0.05, 0.1) is 18.7 Å². The highest BCUT2D eigenvalue weighted by atomic mass is 127. The summed E-state index contributed by atoms with van der Waals surface area (Å²) < 4.78 is 11.6. The van der Waals surface area contributed by atoms with E-state index in [4.69, 9.17) is 9.47 Å². The number of rotatable bonds is 6. The average Bonchev–Trinajstić information content (AvgIpc) is 3.28. The van der Waals surface area contributed by atoms with Crippen molar-refractivity contribution >= 4 is 40.8 Å². The fourth-order valence-corrected chi connectivity index (χ4v) is 3.59. The van der Waals surface area contributed by atoms with Gasteiger partial charge in [0.1, 0.15) is 11.9 Å². The highest BCUT2D eigenvalue weighted by Gasteiger charge is 2.18. The Balaban J connectivity index is 0.00000272. The van der Waals surface area contributed by atoms with Crippen molar-refractivity contribution in [3.63, 3.8) is 0 Å². The third kappa shape index (κ3) is 6.07. The van der Waals surface area contributed by atoms with Crippen LogP contribution < -0.4 is 15.4 Å². The lowest BCUT2D eigenvalue weighted by atomic mass is 10.1. The Bertz CT molecular complexity index is 1030. The first-order valence-electron chi connectivity index (χ1n) is 10.3. The molecule has 4 rings (SSSR count). The molecule has 2 aromatic carbocycles. The van der Waals surface area contributed by atoms with Crippen LogP contribution in [0.3, 0.4) is 0 Å². The molecular formula is C24H29IN4O2. The summed E-state index contributed by atoms with van der Waals surface area (Å²) in [5, 5.41) is 7.92. The number of hydrogen-bond donors (Lipinski definition) is 2. The van der Waals surface area contributed by atoms with Crippen LogP contribution in [0.15, 0.2) is 59.7 Å². The van der Waals surface area contributed by atoms with Crippen molar-refractivity contribution in [1.82, 2.24) is 15.6 Å². The van der Waals surface area contributed by atoms with Crippen LogP contribution in [0, 0.1) is 6.92 Å². The van der Waals surface area contributed by atoms with Gasteiger partial charge in [-0.25, -0.2) is 0 Å². The molecule has 6 nitrogen and oxygen atoms in total. The van der Waals surface area contributed by atoms with E-state index in [0.717, 1.165) is 46.8 Å². The van der Waals surface area contributed by atoms with Crippen molar-refractivity contribution in [2.75, 3.05) is 20.3 Å². The molecule has 7 heteroatoms. The molecule has 0 amide bonds. The van der Waals surface area contributed by atoms with Gasteiger partial charge in [0, 0.05) is 43.7 Å². The molecule has 1 aromatic heterocycles. The third-order valence-corrected chi connectivity index (χ3v) is 5.24. The second-order valence-electron chi connectivity index (χ2n) is 7.49. The lowest BCUT2D eigenvalue weighted by Gasteiger charge is -2.18. The first kappa shape index (κ1) is 23.3. The van der Waals surface area contributed by atoms with E-state index in [1.807, 2.05) is 12.3 Å². The van der Waals surface area contributed by atoms with Gasteiger partial charge in [0.25, 0.3) is 0 Å². The minimum absolute atomic E-state index is 0. The van der Waals surface area contributed by atoms with Crippen molar-refractivity contribution in [1.29, 1.82) is 0 Å². The number of halogens is 1. The van der Waals surface area contributed by atoms with Gasteiger partial charge in [-0.3, -0.25) is 9.98 Å². The van der Waals surface area contributed by atoms with Gasteiger partial charge in [-0.2, -0.15) is 0 Å². The molecule has 3 aromatic rings. The molecule has 0 aliphatic carbocycles. The van der Waals surface area contributed by atoms with Crippen molar-refractivity contribution in [3.05, 3.63) is 71.4 Å².